The Morgan fingerprint density at radius 2 is 1.80 bits per heavy atom. The van der Waals surface area contributed by atoms with Gasteiger partial charge in [0.25, 0.3) is 0 Å². The third-order valence-electron chi connectivity index (χ3n) is 1.64. The van der Waals surface area contributed by atoms with Crippen molar-refractivity contribution in [1.82, 2.24) is 19.5 Å². The molecular formula is C11H20N4. The van der Waals surface area contributed by atoms with Gasteiger partial charge in [0.1, 0.15) is 11.8 Å². The first-order valence-corrected chi connectivity index (χ1v) is 5.52. The van der Waals surface area contributed by atoms with Crippen molar-refractivity contribution in [2.75, 3.05) is 0 Å². The Labute approximate surface area is 91.4 Å². The SMILES string of the molecule is CC.CC.CCn1cnc2ncncc21. The van der Waals surface area contributed by atoms with Gasteiger partial charge in [-0.25, -0.2) is 15.0 Å². The third kappa shape index (κ3) is 3.31. The Kier molecular flexibility index (Phi) is 7.14. The Morgan fingerprint density at radius 3 is 2.40 bits per heavy atom. The zero-order valence-corrected chi connectivity index (χ0v) is 10.2. The summed E-state index contributed by atoms with van der Waals surface area (Å²) in [6, 6.07) is 0. The highest BCUT2D eigenvalue weighted by molar-refractivity contribution is 5.68. The van der Waals surface area contributed by atoms with Crippen LogP contribution in [0.4, 0.5) is 0 Å². The monoisotopic (exact) mass is 208 g/mol. The lowest BCUT2D eigenvalue weighted by atomic mass is 10.5. The summed E-state index contributed by atoms with van der Waals surface area (Å²) < 4.78 is 2.01. The fraction of sp³-hybridized carbons (Fsp3) is 0.545. The zero-order valence-electron chi connectivity index (χ0n) is 10.2. The van der Waals surface area contributed by atoms with E-state index in [4.69, 9.17) is 0 Å². The van der Waals surface area contributed by atoms with Crippen molar-refractivity contribution < 1.29 is 0 Å². The van der Waals surface area contributed by atoms with Crippen molar-refractivity contribution in [1.29, 1.82) is 0 Å². The van der Waals surface area contributed by atoms with E-state index in [0.29, 0.717) is 0 Å². The Balaban J connectivity index is 0.000000442. The van der Waals surface area contributed by atoms with Crippen molar-refractivity contribution in [2.24, 2.45) is 0 Å². The highest BCUT2D eigenvalue weighted by Crippen LogP contribution is 2.06. The van der Waals surface area contributed by atoms with Gasteiger partial charge in [0, 0.05) is 6.54 Å². The maximum Gasteiger partial charge on any atom is 0.180 e. The van der Waals surface area contributed by atoms with Crippen LogP contribution in [0.25, 0.3) is 11.2 Å². The van der Waals surface area contributed by atoms with E-state index in [2.05, 4.69) is 21.9 Å². The highest BCUT2D eigenvalue weighted by Gasteiger charge is 1.99. The van der Waals surface area contributed by atoms with Crippen LogP contribution in [0.1, 0.15) is 34.6 Å². The molecule has 0 radical (unpaired) electrons. The van der Waals surface area contributed by atoms with Gasteiger partial charge in [-0.1, -0.05) is 27.7 Å². The molecule has 0 saturated heterocycles. The summed E-state index contributed by atoms with van der Waals surface area (Å²) in [6.07, 6.45) is 5.06. The van der Waals surface area contributed by atoms with Crippen molar-refractivity contribution in [3.63, 3.8) is 0 Å². The molecule has 2 heterocycles. The summed E-state index contributed by atoms with van der Waals surface area (Å²) in [6.45, 7) is 11.0. The summed E-state index contributed by atoms with van der Waals surface area (Å²) in [5.74, 6) is 0. The minimum absolute atomic E-state index is 0.766. The van der Waals surface area contributed by atoms with E-state index in [1.54, 1.807) is 12.5 Å². The molecule has 0 N–H and O–H groups in total. The lowest BCUT2D eigenvalue weighted by Gasteiger charge is -1.94. The van der Waals surface area contributed by atoms with Gasteiger partial charge in [0.15, 0.2) is 5.65 Å². The first-order chi connectivity index (χ1) is 7.42. The van der Waals surface area contributed by atoms with Crippen LogP contribution in [-0.2, 0) is 6.54 Å². The molecule has 0 aliphatic carbocycles. The number of fused-ring (bicyclic) bond motifs is 1. The summed E-state index contributed by atoms with van der Waals surface area (Å²) >= 11 is 0. The van der Waals surface area contributed by atoms with Gasteiger partial charge in [0.2, 0.25) is 0 Å². The van der Waals surface area contributed by atoms with Crippen molar-refractivity contribution >= 4 is 11.2 Å². The normalized spacial score (nSPS) is 8.60. The predicted octanol–water partition coefficient (Wildman–Crippen LogP) is 2.90. The third-order valence-corrected chi connectivity index (χ3v) is 1.64. The molecule has 0 saturated carbocycles. The van der Waals surface area contributed by atoms with Crippen LogP contribution in [0.5, 0.6) is 0 Å². The summed E-state index contributed by atoms with van der Waals surface area (Å²) in [4.78, 5) is 12.0. The molecular weight excluding hydrogens is 188 g/mol. The van der Waals surface area contributed by atoms with Crippen molar-refractivity contribution in [3.05, 3.63) is 18.9 Å². The minimum atomic E-state index is 0.766. The average Bonchev–Trinajstić information content (AvgIpc) is 2.77. The number of nitrogens with zero attached hydrogens (tertiary/aromatic N) is 4. The first kappa shape index (κ1) is 13.5. The fourth-order valence-corrected chi connectivity index (χ4v) is 1.06. The number of rotatable bonds is 1. The smallest absolute Gasteiger partial charge is 0.180 e. The molecule has 15 heavy (non-hydrogen) atoms. The number of hydrogen-bond donors (Lipinski definition) is 0. The fourth-order valence-electron chi connectivity index (χ4n) is 1.06. The topological polar surface area (TPSA) is 43.6 Å². The van der Waals surface area contributed by atoms with Gasteiger partial charge in [-0.05, 0) is 6.92 Å². The molecule has 0 amide bonds. The molecule has 0 spiro atoms. The first-order valence-electron chi connectivity index (χ1n) is 5.52. The van der Waals surface area contributed by atoms with E-state index in [9.17, 15) is 0 Å². The van der Waals surface area contributed by atoms with Gasteiger partial charge in [-0.2, -0.15) is 0 Å². The maximum atomic E-state index is 4.10. The molecule has 4 heteroatoms. The number of aryl methyl sites for hydroxylation is 1. The molecule has 0 unspecified atom stereocenters. The molecule has 2 aromatic rings. The molecule has 2 aromatic heterocycles. The molecule has 0 aromatic carbocycles. The van der Waals surface area contributed by atoms with Crippen molar-refractivity contribution in [3.8, 4) is 0 Å². The standard InChI is InChI=1S/C7H8N4.2C2H6/c1-2-11-5-10-7-6(11)3-8-4-9-7;2*1-2/h3-5H,2H2,1H3;2*1-2H3. The lowest BCUT2D eigenvalue weighted by Crippen LogP contribution is -1.91. The predicted molar refractivity (Wildman–Crippen MR) is 63.7 cm³/mol. The van der Waals surface area contributed by atoms with Crippen LogP contribution in [-0.4, -0.2) is 19.5 Å². The molecule has 0 bridgehead atoms. The van der Waals surface area contributed by atoms with Gasteiger partial charge >= 0.3 is 0 Å². The second-order valence-electron chi connectivity index (χ2n) is 2.26. The number of hydrogen-bond acceptors (Lipinski definition) is 3. The summed E-state index contributed by atoms with van der Waals surface area (Å²) in [7, 11) is 0. The molecule has 4 nitrogen and oxygen atoms in total. The Bertz CT molecular complexity index is 367. The van der Waals surface area contributed by atoms with E-state index >= 15 is 0 Å². The van der Waals surface area contributed by atoms with Gasteiger partial charge in [-0.15, -0.1) is 0 Å². The number of imidazole rings is 1. The number of aromatic nitrogens is 4. The van der Waals surface area contributed by atoms with Crippen molar-refractivity contribution in [2.45, 2.75) is 41.2 Å². The largest absolute Gasteiger partial charge is 0.328 e. The molecule has 0 aliphatic heterocycles. The van der Waals surface area contributed by atoms with Gasteiger partial charge in [0.05, 0.1) is 12.5 Å². The minimum Gasteiger partial charge on any atom is -0.328 e. The van der Waals surface area contributed by atoms with Crippen LogP contribution in [0.3, 0.4) is 0 Å². The van der Waals surface area contributed by atoms with Crippen LogP contribution in [0, 0.1) is 0 Å². The van der Waals surface area contributed by atoms with Crippen LogP contribution < -0.4 is 0 Å². The van der Waals surface area contributed by atoms with E-state index in [1.165, 1.54) is 6.33 Å². The van der Waals surface area contributed by atoms with Crippen LogP contribution in [0.15, 0.2) is 18.9 Å². The Morgan fingerprint density at radius 1 is 1.13 bits per heavy atom. The molecule has 84 valence electrons. The van der Waals surface area contributed by atoms with E-state index in [-0.39, 0.29) is 0 Å². The molecule has 0 aliphatic rings. The van der Waals surface area contributed by atoms with Crippen LogP contribution >= 0.6 is 0 Å². The lowest BCUT2D eigenvalue weighted by molar-refractivity contribution is 0.785. The second kappa shape index (κ2) is 7.91. The summed E-state index contributed by atoms with van der Waals surface area (Å²) in [5, 5.41) is 0. The molecule has 0 fully saturated rings. The Hall–Kier alpha value is -1.45. The quantitative estimate of drug-likeness (QED) is 0.723. The average molecular weight is 208 g/mol. The van der Waals surface area contributed by atoms with E-state index in [1.807, 2.05) is 32.3 Å². The van der Waals surface area contributed by atoms with E-state index < -0.39 is 0 Å². The van der Waals surface area contributed by atoms with Gasteiger partial charge in [-0.3, -0.25) is 0 Å². The van der Waals surface area contributed by atoms with Gasteiger partial charge < -0.3 is 4.57 Å². The molecule has 2 rings (SSSR count). The summed E-state index contributed by atoms with van der Waals surface area (Å²) in [5.41, 5.74) is 1.76. The molecule has 0 atom stereocenters. The van der Waals surface area contributed by atoms with E-state index in [0.717, 1.165) is 17.7 Å². The van der Waals surface area contributed by atoms with Crippen LogP contribution in [0.2, 0.25) is 0 Å². The maximum absolute atomic E-state index is 4.10. The second-order valence-corrected chi connectivity index (χ2v) is 2.26. The highest BCUT2D eigenvalue weighted by atomic mass is 15.1. The zero-order chi connectivity index (χ0) is 11.7.